The molecule has 3 heteroatoms. The molecule has 0 amide bonds. The lowest BCUT2D eigenvalue weighted by Crippen LogP contribution is -2.38. The first-order valence-electron chi connectivity index (χ1n) is 7.29. The zero-order valence-electron chi connectivity index (χ0n) is 12.2. The van der Waals surface area contributed by atoms with Gasteiger partial charge in [0.25, 0.3) is 0 Å². The lowest BCUT2D eigenvalue weighted by Gasteiger charge is -2.33. The van der Waals surface area contributed by atoms with Gasteiger partial charge in [-0.1, -0.05) is 44.5 Å². The Morgan fingerprint density at radius 1 is 1.42 bits per heavy atom. The molecule has 1 aliphatic rings. The molecule has 0 saturated carbocycles. The van der Waals surface area contributed by atoms with Crippen LogP contribution in [0.25, 0.3) is 0 Å². The largest absolute Gasteiger partial charge is 0.312 e. The van der Waals surface area contributed by atoms with Gasteiger partial charge in [-0.05, 0) is 36.9 Å². The SMILES string of the molecule is CCC(C)CS(=O)C1CCc2ccccc2C1NC. The van der Waals surface area contributed by atoms with E-state index >= 15 is 0 Å². The number of fused-ring (bicyclic) bond motifs is 1. The van der Waals surface area contributed by atoms with E-state index in [1.807, 2.05) is 7.05 Å². The summed E-state index contributed by atoms with van der Waals surface area (Å²) in [6.45, 7) is 4.37. The van der Waals surface area contributed by atoms with Gasteiger partial charge in [0.05, 0.1) is 5.25 Å². The van der Waals surface area contributed by atoms with E-state index in [0.29, 0.717) is 5.92 Å². The summed E-state index contributed by atoms with van der Waals surface area (Å²) in [5, 5.41) is 3.65. The second-order valence-electron chi connectivity index (χ2n) is 5.60. The second-order valence-corrected chi connectivity index (χ2v) is 7.30. The molecule has 1 aliphatic carbocycles. The van der Waals surface area contributed by atoms with Crippen molar-refractivity contribution in [3.63, 3.8) is 0 Å². The molecule has 1 aromatic rings. The molecule has 0 spiro atoms. The van der Waals surface area contributed by atoms with Crippen molar-refractivity contribution < 1.29 is 4.21 Å². The molecule has 0 heterocycles. The van der Waals surface area contributed by atoms with Crippen LogP contribution in [-0.4, -0.2) is 22.3 Å². The summed E-state index contributed by atoms with van der Waals surface area (Å²) >= 11 is 0. The van der Waals surface area contributed by atoms with Crippen molar-refractivity contribution in [3.8, 4) is 0 Å². The second kappa shape index (κ2) is 6.67. The van der Waals surface area contributed by atoms with E-state index in [9.17, 15) is 4.21 Å². The summed E-state index contributed by atoms with van der Waals surface area (Å²) in [5.74, 6) is 1.39. The minimum absolute atomic E-state index is 0.245. The third-order valence-corrected chi connectivity index (χ3v) is 6.34. The maximum atomic E-state index is 12.6. The molecule has 0 fully saturated rings. The first-order chi connectivity index (χ1) is 9.17. The Bertz CT molecular complexity index is 446. The summed E-state index contributed by atoms with van der Waals surface area (Å²) in [7, 11) is 1.25. The Kier molecular flexibility index (Phi) is 5.17. The van der Waals surface area contributed by atoms with Crippen LogP contribution in [0.2, 0.25) is 0 Å². The average Bonchev–Trinajstić information content (AvgIpc) is 2.45. The minimum atomic E-state index is -0.736. The molecule has 0 aromatic heterocycles. The molecule has 0 aliphatic heterocycles. The van der Waals surface area contributed by atoms with Crippen molar-refractivity contribution >= 4 is 10.8 Å². The van der Waals surface area contributed by atoms with Gasteiger partial charge in [-0.25, -0.2) is 0 Å². The molecule has 19 heavy (non-hydrogen) atoms. The highest BCUT2D eigenvalue weighted by Crippen LogP contribution is 2.33. The minimum Gasteiger partial charge on any atom is -0.312 e. The normalized spacial score (nSPS) is 25.6. The third-order valence-electron chi connectivity index (χ3n) is 4.25. The molecule has 1 aromatic carbocycles. The fourth-order valence-electron chi connectivity index (χ4n) is 2.88. The lowest BCUT2D eigenvalue weighted by atomic mass is 9.87. The summed E-state index contributed by atoms with van der Waals surface area (Å²) < 4.78 is 12.6. The van der Waals surface area contributed by atoms with Gasteiger partial charge in [-0.2, -0.15) is 0 Å². The predicted molar refractivity (Wildman–Crippen MR) is 82.8 cm³/mol. The van der Waals surface area contributed by atoms with Gasteiger partial charge in [0.2, 0.25) is 0 Å². The van der Waals surface area contributed by atoms with Crippen LogP contribution in [0, 0.1) is 5.92 Å². The standard InChI is InChI=1S/C16H25NOS/c1-4-12(2)11-19(18)15-10-9-13-7-5-6-8-14(13)16(15)17-3/h5-8,12,15-17H,4,9-11H2,1-3H3. The van der Waals surface area contributed by atoms with E-state index < -0.39 is 10.8 Å². The molecule has 4 atom stereocenters. The zero-order chi connectivity index (χ0) is 13.8. The first kappa shape index (κ1) is 14.7. The molecule has 2 rings (SSSR count). The molecule has 0 saturated heterocycles. The van der Waals surface area contributed by atoms with Crippen molar-refractivity contribution in [2.45, 2.75) is 44.4 Å². The molecule has 1 N–H and O–H groups in total. The number of aryl methyl sites for hydroxylation is 1. The van der Waals surface area contributed by atoms with Crippen LogP contribution in [0.5, 0.6) is 0 Å². The zero-order valence-corrected chi connectivity index (χ0v) is 13.0. The van der Waals surface area contributed by atoms with Crippen LogP contribution < -0.4 is 5.32 Å². The molecule has 0 radical (unpaired) electrons. The van der Waals surface area contributed by atoms with Crippen LogP contribution in [0.1, 0.15) is 43.9 Å². The molecular formula is C16H25NOS. The molecule has 106 valence electrons. The maximum Gasteiger partial charge on any atom is 0.0546 e. The van der Waals surface area contributed by atoms with E-state index in [1.165, 1.54) is 11.1 Å². The van der Waals surface area contributed by atoms with E-state index in [-0.39, 0.29) is 11.3 Å². The fourth-order valence-corrected chi connectivity index (χ4v) is 4.89. The van der Waals surface area contributed by atoms with Crippen LogP contribution in [0.15, 0.2) is 24.3 Å². The topological polar surface area (TPSA) is 29.1 Å². The molecule has 0 bridgehead atoms. The van der Waals surface area contributed by atoms with Crippen LogP contribution in [0.4, 0.5) is 0 Å². The van der Waals surface area contributed by atoms with Gasteiger partial charge in [0.15, 0.2) is 0 Å². The molecular weight excluding hydrogens is 254 g/mol. The number of benzene rings is 1. The van der Waals surface area contributed by atoms with E-state index in [0.717, 1.165) is 25.0 Å². The van der Waals surface area contributed by atoms with Crippen LogP contribution in [0.3, 0.4) is 0 Å². The Morgan fingerprint density at radius 3 is 2.84 bits per heavy atom. The molecule has 4 unspecified atom stereocenters. The van der Waals surface area contributed by atoms with Gasteiger partial charge in [0, 0.05) is 22.6 Å². The summed E-state index contributed by atoms with van der Waals surface area (Å²) in [6, 6.07) is 8.82. The maximum absolute atomic E-state index is 12.6. The summed E-state index contributed by atoms with van der Waals surface area (Å²) in [4.78, 5) is 0. The Balaban J connectivity index is 2.17. The monoisotopic (exact) mass is 279 g/mol. The number of rotatable bonds is 5. The van der Waals surface area contributed by atoms with Crippen molar-refractivity contribution in [1.82, 2.24) is 5.32 Å². The van der Waals surface area contributed by atoms with Gasteiger partial charge in [-0.3, -0.25) is 4.21 Å². The van der Waals surface area contributed by atoms with E-state index in [4.69, 9.17) is 0 Å². The van der Waals surface area contributed by atoms with Gasteiger partial charge in [-0.15, -0.1) is 0 Å². The highest BCUT2D eigenvalue weighted by atomic mass is 32.2. The molecule has 2 nitrogen and oxygen atoms in total. The summed E-state index contributed by atoms with van der Waals surface area (Å²) in [6.07, 6.45) is 3.20. The smallest absolute Gasteiger partial charge is 0.0546 e. The highest BCUT2D eigenvalue weighted by Gasteiger charge is 2.32. The lowest BCUT2D eigenvalue weighted by molar-refractivity contribution is 0.493. The number of nitrogens with one attached hydrogen (secondary N) is 1. The number of hydrogen-bond acceptors (Lipinski definition) is 2. The van der Waals surface area contributed by atoms with Crippen LogP contribution in [-0.2, 0) is 17.2 Å². The van der Waals surface area contributed by atoms with Crippen molar-refractivity contribution in [3.05, 3.63) is 35.4 Å². The van der Waals surface area contributed by atoms with Crippen molar-refractivity contribution in [2.24, 2.45) is 5.92 Å². The van der Waals surface area contributed by atoms with Crippen molar-refractivity contribution in [1.29, 1.82) is 0 Å². The van der Waals surface area contributed by atoms with Crippen LogP contribution >= 0.6 is 0 Å². The van der Waals surface area contributed by atoms with E-state index in [2.05, 4.69) is 43.4 Å². The third kappa shape index (κ3) is 3.26. The van der Waals surface area contributed by atoms with Gasteiger partial charge >= 0.3 is 0 Å². The van der Waals surface area contributed by atoms with Crippen molar-refractivity contribution in [2.75, 3.05) is 12.8 Å². The fraction of sp³-hybridized carbons (Fsp3) is 0.625. The number of hydrogen-bond donors (Lipinski definition) is 1. The predicted octanol–water partition coefficient (Wildman–Crippen LogP) is 3.06. The van der Waals surface area contributed by atoms with Gasteiger partial charge < -0.3 is 5.32 Å². The van der Waals surface area contributed by atoms with Gasteiger partial charge in [0.1, 0.15) is 0 Å². The first-order valence-corrected chi connectivity index (χ1v) is 8.67. The van der Waals surface area contributed by atoms with E-state index in [1.54, 1.807) is 0 Å². The average molecular weight is 279 g/mol. The Morgan fingerprint density at radius 2 is 2.16 bits per heavy atom. The Hall–Kier alpha value is -0.670. The highest BCUT2D eigenvalue weighted by molar-refractivity contribution is 7.85. The summed E-state index contributed by atoms with van der Waals surface area (Å²) in [5.41, 5.74) is 2.76. The quantitative estimate of drug-likeness (QED) is 0.897. The Labute approximate surface area is 119 Å².